The van der Waals surface area contributed by atoms with Gasteiger partial charge in [0.25, 0.3) is 5.91 Å². The molecule has 0 saturated carbocycles. The summed E-state index contributed by atoms with van der Waals surface area (Å²) >= 11 is 0. The molecule has 1 amide bonds. The molecule has 148 valence electrons. The first-order valence-corrected chi connectivity index (χ1v) is 8.89. The monoisotopic (exact) mass is 392 g/mol. The Morgan fingerprint density at radius 2 is 1.79 bits per heavy atom. The number of furan rings is 1. The van der Waals surface area contributed by atoms with Gasteiger partial charge < -0.3 is 13.9 Å². The van der Waals surface area contributed by atoms with E-state index in [2.05, 4.69) is 10.5 Å². The van der Waals surface area contributed by atoms with E-state index in [1.54, 1.807) is 30.3 Å². The van der Waals surface area contributed by atoms with Crippen molar-refractivity contribution in [3.8, 4) is 11.5 Å². The van der Waals surface area contributed by atoms with Crippen LogP contribution in [-0.4, -0.2) is 24.7 Å². The highest BCUT2D eigenvalue weighted by Gasteiger charge is 2.10. The molecule has 2 aromatic carbocycles. The number of aryl methyl sites for hydroxylation is 2. The number of nitrogens with one attached hydrogen (secondary N) is 1. The number of ether oxygens (including phenoxy) is 2. The van der Waals surface area contributed by atoms with Crippen molar-refractivity contribution in [2.24, 2.45) is 5.10 Å². The molecule has 0 aliphatic rings. The smallest absolute Gasteiger partial charge is 0.379 e. The van der Waals surface area contributed by atoms with Crippen molar-refractivity contribution in [3.05, 3.63) is 83.3 Å². The largest absolute Gasteiger partial charge is 0.484 e. The summed E-state index contributed by atoms with van der Waals surface area (Å²) in [6.07, 6.45) is 2.88. The molecule has 3 aromatic rings. The molecule has 29 heavy (non-hydrogen) atoms. The number of hydrazone groups is 1. The minimum Gasteiger partial charge on any atom is -0.484 e. The summed E-state index contributed by atoms with van der Waals surface area (Å²) in [5, 5.41) is 3.89. The van der Waals surface area contributed by atoms with E-state index in [1.807, 2.05) is 32.0 Å². The van der Waals surface area contributed by atoms with Crippen LogP contribution >= 0.6 is 0 Å². The van der Waals surface area contributed by atoms with Gasteiger partial charge in [-0.25, -0.2) is 10.2 Å². The van der Waals surface area contributed by atoms with E-state index in [0.717, 1.165) is 16.7 Å². The molecule has 0 unspecified atom stereocenters. The molecular formula is C22H20N2O5. The van der Waals surface area contributed by atoms with Crippen LogP contribution in [0.5, 0.6) is 11.5 Å². The third-order valence-corrected chi connectivity index (χ3v) is 4.06. The van der Waals surface area contributed by atoms with Crippen molar-refractivity contribution < 1.29 is 23.5 Å². The zero-order valence-corrected chi connectivity index (χ0v) is 16.0. The van der Waals surface area contributed by atoms with Crippen LogP contribution in [0.3, 0.4) is 0 Å². The second-order valence-electron chi connectivity index (χ2n) is 6.26. The average Bonchev–Trinajstić information content (AvgIpc) is 3.25. The van der Waals surface area contributed by atoms with E-state index in [-0.39, 0.29) is 18.3 Å². The van der Waals surface area contributed by atoms with Gasteiger partial charge in [0.1, 0.15) is 11.5 Å². The molecule has 0 saturated heterocycles. The molecule has 0 aliphatic carbocycles. The first-order chi connectivity index (χ1) is 14.0. The minimum atomic E-state index is -0.576. The number of carbonyl (C=O) groups is 2. The lowest BCUT2D eigenvalue weighted by atomic mass is 10.1. The Kier molecular flexibility index (Phi) is 6.42. The Bertz CT molecular complexity index is 1010. The predicted octanol–water partition coefficient (Wildman–Crippen LogP) is 3.64. The standard InChI is InChI=1S/C22H20N2O5/c1-15-5-8-19(12-16(15)2)28-14-21(25)24-23-13-17-6-9-18(10-7-17)29-22(26)20-4-3-11-27-20/h3-13H,14H2,1-2H3,(H,24,25)/b23-13+. The van der Waals surface area contributed by atoms with Gasteiger partial charge in [0.15, 0.2) is 6.61 Å². The summed E-state index contributed by atoms with van der Waals surface area (Å²) < 4.78 is 15.6. The van der Waals surface area contributed by atoms with Crippen LogP contribution in [0.15, 0.2) is 70.4 Å². The van der Waals surface area contributed by atoms with E-state index in [1.165, 1.54) is 18.5 Å². The highest BCUT2D eigenvalue weighted by molar-refractivity contribution is 5.88. The number of nitrogens with zero attached hydrogens (tertiary/aromatic N) is 1. The number of rotatable bonds is 7. The Balaban J connectivity index is 1.45. The van der Waals surface area contributed by atoms with Crippen molar-refractivity contribution in [2.75, 3.05) is 6.61 Å². The molecule has 7 nitrogen and oxygen atoms in total. The van der Waals surface area contributed by atoms with Gasteiger partial charge in [0, 0.05) is 0 Å². The van der Waals surface area contributed by atoms with Crippen LogP contribution in [0.4, 0.5) is 0 Å². The fourth-order valence-corrected chi connectivity index (χ4v) is 2.34. The fourth-order valence-electron chi connectivity index (χ4n) is 2.34. The number of esters is 1. The van der Waals surface area contributed by atoms with Gasteiger partial charge in [-0.2, -0.15) is 5.10 Å². The zero-order valence-electron chi connectivity index (χ0n) is 16.0. The topological polar surface area (TPSA) is 90.1 Å². The molecule has 1 heterocycles. The van der Waals surface area contributed by atoms with Gasteiger partial charge in [-0.05, 0) is 79.1 Å². The molecule has 1 N–H and O–H groups in total. The molecule has 1 aromatic heterocycles. The molecule has 3 rings (SSSR count). The summed E-state index contributed by atoms with van der Waals surface area (Å²) in [6.45, 7) is 3.85. The van der Waals surface area contributed by atoms with Gasteiger partial charge in [-0.3, -0.25) is 4.79 Å². The minimum absolute atomic E-state index is 0.126. The predicted molar refractivity (Wildman–Crippen MR) is 107 cm³/mol. The van der Waals surface area contributed by atoms with Crippen molar-refractivity contribution >= 4 is 18.1 Å². The van der Waals surface area contributed by atoms with Crippen molar-refractivity contribution in [3.63, 3.8) is 0 Å². The summed E-state index contributed by atoms with van der Waals surface area (Å²) in [6, 6.07) is 15.4. The average molecular weight is 392 g/mol. The maximum Gasteiger partial charge on any atom is 0.379 e. The van der Waals surface area contributed by atoms with Crippen LogP contribution < -0.4 is 14.9 Å². The molecule has 0 atom stereocenters. The number of hydrogen-bond acceptors (Lipinski definition) is 6. The quantitative estimate of drug-likeness (QED) is 0.287. The van der Waals surface area contributed by atoms with Crippen molar-refractivity contribution in [1.29, 1.82) is 0 Å². The first kappa shape index (κ1) is 19.9. The van der Waals surface area contributed by atoms with Crippen molar-refractivity contribution in [1.82, 2.24) is 5.43 Å². The highest BCUT2D eigenvalue weighted by Crippen LogP contribution is 2.16. The van der Waals surface area contributed by atoms with Crippen LogP contribution in [0, 0.1) is 13.8 Å². The number of amides is 1. The van der Waals surface area contributed by atoms with Gasteiger partial charge in [-0.15, -0.1) is 0 Å². The number of carbonyl (C=O) groups excluding carboxylic acids is 2. The highest BCUT2D eigenvalue weighted by atomic mass is 16.5. The lowest BCUT2D eigenvalue weighted by Crippen LogP contribution is -2.24. The third kappa shape index (κ3) is 5.80. The summed E-state index contributed by atoms with van der Waals surface area (Å²) in [7, 11) is 0. The maximum absolute atomic E-state index is 11.8. The number of hydrogen-bond donors (Lipinski definition) is 1. The van der Waals surface area contributed by atoms with Crippen LogP contribution in [0.2, 0.25) is 0 Å². The molecular weight excluding hydrogens is 372 g/mol. The zero-order chi connectivity index (χ0) is 20.6. The Hall–Kier alpha value is -3.87. The van der Waals surface area contributed by atoms with E-state index < -0.39 is 5.97 Å². The molecule has 0 bridgehead atoms. The van der Waals surface area contributed by atoms with Crippen LogP contribution in [-0.2, 0) is 4.79 Å². The number of benzene rings is 2. The normalized spacial score (nSPS) is 10.7. The molecule has 7 heteroatoms. The SMILES string of the molecule is Cc1ccc(OCC(=O)N/N=C/c2ccc(OC(=O)c3ccco3)cc2)cc1C. The molecule has 0 fully saturated rings. The van der Waals surface area contributed by atoms with Crippen LogP contribution in [0.25, 0.3) is 0 Å². The van der Waals surface area contributed by atoms with Gasteiger partial charge >= 0.3 is 5.97 Å². The lowest BCUT2D eigenvalue weighted by molar-refractivity contribution is -0.123. The second-order valence-corrected chi connectivity index (χ2v) is 6.26. The Morgan fingerprint density at radius 1 is 1.03 bits per heavy atom. The van der Waals surface area contributed by atoms with Gasteiger partial charge in [0.05, 0.1) is 12.5 Å². The van der Waals surface area contributed by atoms with Crippen LogP contribution in [0.1, 0.15) is 27.2 Å². The van der Waals surface area contributed by atoms with Gasteiger partial charge in [0.2, 0.25) is 5.76 Å². The Labute approximate surface area is 167 Å². The maximum atomic E-state index is 11.8. The third-order valence-electron chi connectivity index (χ3n) is 4.06. The lowest BCUT2D eigenvalue weighted by Gasteiger charge is -2.07. The second kappa shape index (κ2) is 9.36. The molecule has 0 spiro atoms. The summed E-state index contributed by atoms with van der Waals surface area (Å²) in [5.74, 6) is 0.179. The summed E-state index contributed by atoms with van der Waals surface area (Å²) in [4.78, 5) is 23.6. The first-order valence-electron chi connectivity index (χ1n) is 8.89. The molecule has 0 aliphatic heterocycles. The van der Waals surface area contributed by atoms with E-state index in [9.17, 15) is 9.59 Å². The van der Waals surface area contributed by atoms with Crippen molar-refractivity contribution in [2.45, 2.75) is 13.8 Å². The van der Waals surface area contributed by atoms with E-state index in [0.29, 0.717) is 11.5 Å². The summed E-state index contributed by atoms with van der Waals surface area (Å²) in [5.41, 5.74) is 5.38. The van der Waals surface area contributed by atoms with E-state index in [4.69, 9.17) is 13.9 Å². The van der Waals surface area contributed by atoms with E-state index >= 15 is 0 Å². The molecule has 0 radical (unpaired) electrons. The Morgan fingerprint density at radius 3 is 2.48 bits per heavy atom. The fraction of sp³-hybridized carbons (Fsp3) is 0.136. The van der Waals surface area contributed by atoms with Gasteiger partial charge in [-0.1, -0.05) is 6.07 Å².